The number of hydrogen-bond acceptors (Lipinski definition) is 4. The van der Waals surface area contributed by atoms with Crippen LogP contribution in [-0.2, 0) is 15.5 Å². The monoisotopic (exact) mass is 358 g/mol. The highest BCUT2D eigenvalue weighted by Gasteiger charge is 2.52. The first kappa shape index (κ1) is 19.8. The summed E-state index contributed by atoms with van der Waals surface area (Å²) in [5.41, 5.74) is -1.18. The molecular formula is C17H22BF3O4. The second-order valence-corrected chi connectivity index (χ2v) is 6.92. The molecule has 1 saturated heterocycles. The van der Waals surface area contributed by atoms with Crippen LogP contribution in [0.4, 0.5) is 13.2 Å². The van der Waals surface area contributed by atoms with E-state index >= 15 is 0 Å². The standard InChI is InChI=1S/C17H22BF3O4/c1-15(2)16(3,4)25-18(24-15)13(10-22)8-11-6-7-12(17(19,20)21)9-14(11)23-5/h6-9,22H,10H2,1-5H3. The highest BCUT2D eigenvalue weighted by atomic mass is 19.4. The van der Waals surface area contributed by atoms with E-state index in [1.165, 1.54) is 19.3 Å². The van der Waals surface area contributed by atoms with Gasteiger partial charge in [-0.2, -0.15) is 13.2 Å². The molecule has 2 rings (SSSR count). The van der Waals surface area contributed by atoms with Crippen LogP contribution in [0.2, 0.25) is 0 Å². The van der Waals surface area contributed by atoms with Gasteiger partial charge in [0.05, 0.1) is 30.5 Å². The highest BCUT2D eigenvalue weighted by molar-refractivity contribution is 6.55. The summed E-state index contributed by atoms with van der Waals surface area (Å²) in [6.07, 6.45) is -2.93. The highest BCUT2D eigenvalue weighted by Crippen LogP contribution is 2.39. The number of benzene rings is 1. The van der Waals surface area contributed by atoms with Crippen molar-refractivity contribution in [2.24, 2.45) is 0 Å². The lowest BCUT2D eigenvalue weighted by atomic mass is 9.77. The molecule has 1 aliphatic heterocycles. The zero-order valence-corrected chi connectivity index (χ0v) is 14.9. The molecule has 0 amide bonds. The molecule has 1 fully saturated rings. The molecule has 8 heteroatoms. The van der Waals surface area contributed by atoms with Gasteiger partial charge < -0.3 is 19.2 Å². The number of halogens is 3. The van der Waals surface area contributed by atoms with Crippen molar-refractivity contribution < 1.29 is 32.3 Å². The Kier molecular flexibility index (Phi) is 5.28. The number of rotatable bonds is 4. The van der Waals surface area contributed by atoms with E-state index in [0.29, 0.717) is 11.0 Å². The molecule has 1 N–H and O–H groups in total. The summed E-state index contributed by atoms with van der Waals surface area (Å²) in [4.78, 5) is 0. The molecule has 0 spiro atoms. The van der Waals surface area contributed by atoms with Crippen LogP contribution in [0.15, 0.2) is 23.7 Å². The molecule has 1 aliphatic rings. The summed E-state index contributed by atoms with van der Waals surface area (Å²) in [6, 6.07) is 3.18. The fourth-order valence-corrected chi connectivity index (χ4v) is 2.39. The normalized spacial score (nSPS) is 20.0. The molecule has 0 unspecified atom stereocenters. The van der Waals surface area contributed by atoms with Gasteiger partial charge in [0.25, 0.3) is 0 Å². The fraction of sp³-hybridized carbons (Fsp3) is 0.529. The number of methoxy groups -OCH3 is 1. The van der Waals surface area contributed by atoms with Crippen molar-refractivity contribution in [2.45, 2.75) is 45.1 Å². The maximum Gasteiger partial charge on any atom is 0.492 e. The number of ether oxygens (including phenoxy) is 1. The molecule has 138 valence electrons. The molecular weight excluding hydrogens is 336 g/mol. The van der Waals surface area contributed by atoms with E-state index in [9.17, 15) is 18.3 Å². The maximum absolute atomic E-state index is 12.8. The Labute approximate surface area is 145 Å². The van der Waals surface area contributed by atoms with Crippen LogP contribution in [-0.4, -0.2) is 37.1 Å². The molecule has 0 aromatic heterocycles. The summed E-state index contributed by atoms with van der Waals surface area (Å²) < 4.78 is 55.3. The van der Waals surface area contributed by atoms with Crippen molar-refractivity contribution in [3.05, 3.63) is 34.8 Å². The smallest absolute Gasteiger partial charge is 0.492 e. The van der Waals surface area contributed by atoms with Crippen molar-refractivity contribution in [1.29, 1.82) is 0 Å². The van der Waals surface area contributed by atoms with Gasteiger partial charge in [0, 0.05) is 5.56 Å². The first-order valence-electron chi connectivity index (χ1n) is 7.83. The van der Waals surface area contributed by atoms with Crippen LogP contribution in [0.3, 0.4) is 0 Å². The fourth-order valence-electron chi connectivity index (χ4n) is 2.39. The second kappa shape index (κ2) is 6.66. The zero-order chi connectivity index (χ0) is 19.0. The Morgan fingerprint density at radius 2 is 1.76 bits per heavy atom. The van der Waals surface area contributed by atoms with Gasteiger partial charge in [-0.3, -0.25) is 0 Å². The largest absolute Gasteiger partial charge is 0.496 e. The van der Waals surface area contributed by atoms with Gasteiger partial charge in [-0.05, 0) is 45.3 Å². The van der Waals surface area contributed by atoms with E-state index in [-0.39, 0.29) is 12.4 Å². The van der Waals surface area contributed by atoms with Crippen LogP contribution in [0, 0.1) is 0 Å². The third-order valence-corrected chi connectivity index (χ3v) is 4.64. The quantitative estimate of drug-likeness (QED) is 0.834. The molecule has 0 aliphatic carbocycles. The number of aliphatic hydroxyl groups is 1. The molecule has 1 aromatic rings. The topological polar surface area (TPSA) is 47.9 Å². The SMILES string of the molecule is COc1cc(C(F)(F)F)ccc1C=C(CO)B1OC(C)(C)C(C)(C)O1. The minimum Gasteiger partial charge on any atom is -0.496 e. The van der Waals surface area contributed by atoms with Gasteiger partial charge in [-0.25, -0.2) is 0 Å². The van der Waals surface area contributed by atoms with Crippen LogP contribution in [0.1, 0.15) is 38.8 Å². The minimum atomic E-state index is -4.46. The van der Waals surface area contributed by atoms with Gasteiger partial charge in [0.2, 0.25) is 0 Å². The molecule has 0 bridgehead atoms. The van der Waals surface area contributed by atoms with Gasteiger partial charge in [0.1, 0.15) is 5.75 Å². The maximum atomic E-state index is 12.8. The predicted molar refractivity (Wildman–Crippen MR) is 89.1 cm³/mol. The minimum absolute atomic E-state index is 0.0530. The molecule has 1 aromatic carbocycles. The average molecular weight is 358 g/mol. The molecule has 4 nitrogen and oxygen atoms in total. The summed E-state index contributed by atoms with van der Waals surface area (Å²) >= 11 is 0. The first-order chi connectivity index (χ1) is 11.4. The summed E-state index contributed by atoms with van der Waals surface area (Å²) in [6.45, 7) is 7.14. The lowest BCUT2D eigenvalue weighted by molar-refractivity contribution is -0.137. The van der Waals surface area contributed by atoms with Crippen LogP contribution < -0.4 is 4.74 Å². The lowest BCUT2D eigenvalue weighted by Crippen LogP contribution is -2.41. The van der Waals surface area contributed by atoms with Crippen LogP contribution in [0.25, 0.3) is 6.08 Å². The van der Waals surface area contributed by atoms with Gasteiger partial charge in [-0.15, -0.1) is 0 Å². The number of alkyl halides is 3. The van der Waals surface area contributed by atoms with Crippen LogP contribution in [0.5, 0.6) is 5.75 Å². The van der Waals surface area contributed by atoms with E-state index < -0.39 is 30.1 Å². The van der Waals surface area contributed by atoms with Crippen molar-refractivity contribution in [2.75, 3.05) is 13.7 Å². The summed E-state index contributed by atoms with van der Waals surface area (Å²) in [5.74, 6) is 0.0530. The summed E-state index contributed by atoms with van der Waals surface area (Å²) in [7, 11) is 0.502. The van der Waals surface area contributed by atoms with E-state index in [1.54, 1.807) is 0 Å². The van der Waals surface area contributed by atoms with Gasteiger partial charge >= 0.3 is 13.3 Å². The molecule has 0 atom stereocenters. The third kappa shape index (κ3) is 4.02. The van der Waals surface area contributed by atoms with Crippen molar-refractivity contribution >= 4 is 13.2 Å². The van der Waals surface area contributed by atoms with Gasteiger partial charge in [-0.1, -0.05) is 12.1 Å². The van der Waals surface area contributed by atoms with E-state index in [2.05, 4.69) is 0 Å². The number of hydrogen-bond donors (Lipinski definition) is 1. The van der Waals surface area contributed by atoms with E-state index in [0.717, 1.165) is 12.1 Å². The Morgan fingerprint density at radius 1 is 1.20 bits per heavy atom. The molecule has 25 heavy (non-hydrogen) atoms. The lowest BCUT2D eigenvalue weighted by Gasteiger charge is -2.32. The Hall–Kier alpha value is -1.51. The van der Waals surface area contributed by atoms with Crippen molar-refractivity contribution in [1.82, 2.24) is 0 Å². The third-order valence-electron chi connectivity index (χ3n) is 4.64. The van der Waals surface area contributed by atoms with E-state index in [4.69, 9.17) is 14.0 Å². The van der Waals surface area contributed by atoms with Crippen LogP contribution >= 0.6 is 0 Å². The first-order valence-corrected chi connectivity index (χ1v) is 7.83. The molecule has 0 radical (unpaired) electrons. The Morgan fingerprint density at radius 3 is 2.20 bits per heavy atom. The number of aliphatic hydroxyl groups excluding tert-OH is 1. The molecule has 1 heterocycles. The van der Waals surface area contributed by atoms with Crippen molar-refractivity contribution in [3.63, 3.8) is 0 Å². The second-order valence-electron chi connectivity index (χ2n) is 6.92. The van der Waals surface area contributed by atoms with E-state index in [1.807, 2.05) is 27.7 Å². The van der Waals surface area contributed by atoms with Gasteiger partial charge in [0.15, 0.2) is 0 Å². The summed E-state index contributed by atoms with van der Waals surface area (Å²) in [5, 5.41) is 9.69. The zero-order valence-electron chi connectivity index (χ0n) is 14.9. The Balaban J connectivity index is 2.38. The average Bonchev–Trinajstić information content (AvgIpc) is 2.71. The van der Waals surface area contributed by atoms with Crippen molar-refractivity contribution in [3.8, 4) is 5.75 Å². The molecule has 0 saturated carbocycles. The predicted octanol–water partition coefficient (Wildman–Crippen LogP) is 3.72. The Bertz CT molecular complexity index is 652.